The predicted molar refractivity (Wildman–Crippen MR) is 70.8 cm³/mol. The van der Waals surface area contributed by atoms with E-state index < -0.39 is 0 Å². The Morgan fingerprint density at radius 2 is 1.94 bits per heavy atom. The quantitative estimate of drug-likeness (QED) is 0.847. The molecule has 1 aromatic carbocycles. The van der Waals surface area contributed by atoms with Crippen LogP contribution in [0.2, 0.25) is 0 Å². The summed E-state index contributed by atoms with van der Waals surface area (Å²) in [5.41, 5.74) is 2.61. The molecule has 0 saturated carbocycles. The number of hydrogen-bond donors (Lipinski definition) is 1. The number of hydrogen-bond acceptors (Lipinski definition) is 2. The lowest BCUT2D eigenvalue weighted by atomic mass is 10.0. The van der Waals surface area contributed by atoms with Gasteiger partial charge in [-0.05, 0) is 23.1 Å². The van der Waals surface area contributed by atoms with E-state index in [9.17, 15) is 0 Å². The first-order valence-corrected chi connectivity index (χ1v) is 6.01. The molecular formula is C15H18N2. The van der Waals surface area contributed by atoms with Gasteiger partial charge in [-0.3, -0.25) is 4.98 Å². The van der Waals surface area contributed by atoms with E-state index in [0.717, 1.165) is 13.1 Å². The summed E-state index contributed by atoms with van der Waals surface area (Å²) >= 11 is 0. The zero-order valence-corrected chi connectivity index (χ0v) is 10.1. The molecule has 0 aliphatic rings. The molecule has 0 bridgehead atoms. The molecule has 0 radical (unpaired) electrons. The molecule has 0 unspecified atom stereocenters. The van der Waals surface area contributed by atoms with Gasteiger partial charge in [-0.2, -0.15) is 0 Å². The minimum atomic E-state index is 0.535. The summed E-state index contributed by atoms with van der Waals surface area (Å²) in [6.45, 7) is 4.11. The van der Waals surface area contributed by atoms with Crippen LogP contribution in [0.15, 0.2) is 54.9 Å². The number of nitrogens with one attached hydrogen (secondary N) is 1. The van der Waals surface area contributed by atoms with Crippen LogP contribution in [0.25, 0.3) is 0 Å². The number of pyridine rings is 1. The molecule has 1 atom stereocenters. The molecule has 2 rings (SSSR count). The molecule has 0 fully saturated rings. The highest BCUT2D eigenvalue weighted by atomic mass is 14.9. The van der Waals surface area contributed by atoms with E-state index in [1.165, 1.54) is 11.1 Å². The van der Waals surface area contributed by atoms with Gasteiger partial charge in [-0.25, -0.2) is 0 Å². The van der Waals surface area contributed by atoms with Crippen LogP contribution in [0.5, 0.6) is 0 Å². The molecule has 1 N–H and O–H groups in total. The summed E-state index contributed by atoms with van der Waals surface area (Å²) in [7, 11) is 0. The number of benzene rings is 1. The first-order valence-electron chi connectivity index (χ1n) is 6.01. The third-order valence-electron chi connectivity index (χ3n) is 2.87. The molecule has 0 aliphatic heterocycles. The van der Waals surface area contributed by atoms with Gasteiger partial charge in [-0.15, -0.1) is 0 Å². The van der Waals surface area contributed by atoms with E-state index in [1.54, 1.807) is 6.20 Å². The van der Waals surface area contributed by atoms with Crippen LogP contribution >= 0.6 is 0 Å². The van der Waals surface area contributed by atoms with Gasteiger partial charge in [0.15, 0.2) is 0 Å². The van der Waals surface area contributed by atoms with Gasteiger partial charge < -0.3 is 5.32 Å². The fourth-order valence-corrected chi connectivity index (χ4v) is 1.84. The molecule has 0 spiro atoms. The monoisotopic (exact) mass is 226 g/mol. The Morgan fingerprint density at radius 3 is 2.65 bits per heavy atom. The van der Waals surface area contributed by atoms with Crippen LogP contribution in [0.4, 0.5) is 0 Å². The summed E-state index contributed by atoms with van der Waals surface area (Å²) in [5.74, 6) is 0.535. The Bertz CT molecular complexity index is 425. The van der Waals surface area contributed by atoms with Crippen molar-refractivity contribution in [2.24, 2.45) is 0 Å². The van der Waals surface area contributed by atoms with Crippen molar-refractivity contribution in [3.8, 4) is 0 Å². The topological polar surface area (TPSA) is 24.9 Å². The Balaban J connectivity index is 1.79. The van der Waals surface area contributed by atoms with Crippen molar-refractivity contribution < 1.29 is 0 Å². The van der Waals surface area contributed by atoms with Crippen molar-refractivity contribution in [3.63, 3.8) is 0 Å². The molecule has 88 valence electrons. The molecule has 1 aromatic heterocycles. The summed E-state index contributed by atoms with van der Waals surface area (Å²) in [4.78, 5) is 4.10. The van der Waals surface area contributed by atoms with Crippen LogP contribution < -0.4 is 5.32 Å². The second-order valence-corrected chi connectivity index (χ2v) is 4.30. The van der Waals surface area contributed by atoms with E-state index in [1.807, 2.05) is 12.3 Å². The van der Waals surface area contributed by atoms with Crippen molar-refractivity contribution in [2.45, 2.75) is 19.4 Å². The van der Waals surface area contributed by atoms with E-state index in [2.05, 4.69) is 53.6 Å². The zero-order valence-electron chi connectivity index (χ0n) is 10.1. The molecule has 2 aromatic rings. The van der Waals surface area contributed by atoms with Crippen molar-refractivity contribution >= 4 is 0 Å². The Morgan fingerprint density at radius 1 is 1.12 bits per heavy atom. The highest BCUT2D eigenvalue weighted by Gasteiger charge is 2.03. The number of rotatable bonds is 5. The van der Waals surface area contributed by atoms with Crippen LogP contribution in [0, 0.1) is 0 Å². The van der Waals surface area contributed by atoms with E-state index in [-0.39, 0.29) is 0 Å². The standard InChI is InChI=1S/C15H18N2/c1-13(15-7-3-2-4-8-15)10-17-12-14-6-5-9-16-11-14/h2-9,11,13,17H,10,12H2,1H3/t13-/m1/s1. The lowest BCUT2D eigenvalue weighted by molar-refractivity contribution is 0.614. The Hall–Kier alpha value is -1.67. The fraction of sp³-hybridized carbons (Fsp3) is 0.267. The highest BCUT2D eigenvalue weighted by Crippen LogP contribution is 2.13. The highest BCUT2D eigenvalue weighted by molar-refractivity contribution is 5.19. The summed E-state index contributed by atoms with van der Waals surface area (Å²) in [6, 6.07) is 14.6. The minimum absolute atomic E-state index is 0.535. The van der Waals surface area contributed by atoms with Crippen molar-refractivity contribution in [1.29, 1.82) is 0 Å². The maximum Gasteiger partial charge on any atom is 0.0312 e. The summed E-state index contributed by atoms with van der Waals surface area (Å²) in [5, 5.41) is 3.46. The van der Waals surface area contributed by atoms with E-state index >= 15 is 0 Å². The van der Waals surface area contributed by atoms with Gasteiger partial charge in [0.2, 0.25) is 0 Å². The lowest BCUT2D eigenvalue weighted by Gasteiger charge is -2.12. The van der Waals surface area contributed by atoms with Crippen molar-refractivity contribution in [1.82, 2.24) is 10.3 Å². The minimum Gasteiger partial charge on any atom is -0.312 e. The number of nitrogens with zero attached hydrogens (tertiary/aromatic N) is 1. The average Bonchev–Trinajstić information content (AvgIpc) is 2.41. The predicted octanol–water partition coefficient (Wildman–Crippen LogP) is 2.97. The molecule has 2 heteroatoms. The Kier molecular flexibility index (Phi) is 4.28. The summed E-state index contributed by atoms with van der Waals surface area (Å²) < 4.78 is 0. The van der Waals surface area contributed by atoms with Crippen LogP contribution in [0.3, 0.4) is 0 Å². The second-order valence-electron chi connectivity index (χ2n) is 4.30. The van der Waals surface area contributed by atoms with E-state index in [0.29, 0.717) is 5.92 Å². The summed E-state index contributed by atoms with van der Waals surface area (Å²) in [6.07, 6.45) is 3.70. The first kappa shape index (κ1) is 11.8. The van der Waals surface area contributed by atoms with Crippen molar-refractivity contribution in [3.05, 3.63) is 66.0 Å². The van der Waals surface area contributed by atoms with Gasteiger partial charge in [0.05, 0.1) is 0 Å². The normalized spacial score (nSPS) is 12.3. The van der Waals surface area contributed by atoms with Crippen LogP contribution in [-0.2, 0) is 6.54 Å². The largest absolute Gasteiger partial charge is 0.312 e. The van der Waals surface area contributed by atoms with Gasteiger partial charge in [0.1, 0.15) is 0 Å². The lowest BCUT2D eigenvalue weighted by Crippen LogP contribution is -2.19. The molecular weight excluding hydrogens is 208 g/mol. The smallest absolute Gasteiger partial charge is 0.0312 e. The number of aromatic nitrogens is 1. The van der Waals surface area contributed by atoms with Gasteiger partial charge in [0, 0.05) is 25.5 Å². The zero-order chi connectivity index (χ0) is 11.9. The van der Waals surface area contributed by atoms with Gasteiger partial charge in [-0.1, -0.05) is 43.3 Å². The maximum absolute atomic E-state index is 4.10. The molecule has 1 heterocycles. The van der Waals surface area contributed by atoms with Crippen LogP contribution in [0.1, 0.15) is 24.0 Å². The van der Waals surface area contributed by atoms with Crippen LogP contribution in [-0.4, -0.2) is 11.5 Å². The SMILES string of the molecule is C[C@H](CNCc1cccnc1)c1ccccc1. The first-order chi connectivity index (χ1) is 8.36. The van der Waals surface area contributed by atoms with Gasteiger partial charge >= 0.3 is 0 Å². The molecule has 0 aliphatic carbocycles. The maximum atomic E-state index is 4.10. The molecule has 17 heavy (non-hydrogen) atoms. The van der Waals surface area contributed by atoms with E-state index in [4.69, 9.17) is 0 Å². The molecule has 0 amide bonds. The van der Waals surface area contributed by atoms with Crippen molar-refractivity contribution in [2.75, 3.05) is 6.54 Å². The second kappa shape index (κ2) is 6.16. The Labute approximate surface area is 103 Å². The molecule has 0 saturated heterocycles. The third kappa shape index (κ3) is 3.68. The third-order valence-corrected chi connectivity index (χ3v) is 2.87. The van der Waals surface area contributed by atoms with Gasteiger partial charge in [0.25, 0.3) is 0 Å². The fourth-order valence-electron chi connectivity index (χ4n) is 1.84. The average molecular weight is 226 g/mol. The molecule has 2 nitrogen and oxygen atoms in total.